The van der Waals surface area contributed by atoms with Gasteiger partial charge in [0.1, 0.15) is 0 Å². The number of nitrogens with one attached hydrogen (secondary N) is 2. The van der Waals surface area contributed by atoms with Crippen molar-refractivity contribution in [3.8, 4) is 0 Å². The van der Waals surface area contributed by atoms with E-state index in [4.69, 9.17) is 11.6 Å². The lowest BCUT2D eigenvalue weighted by Gasteiger charge is -2.06. The van der Waals surface area contributed by atoms with Crippen molar-refractivity contribution in [2.75, 3.05) is 4.72 Å². The lowest BCUT2D eigenvalue weighted by Crippen LogP contribution is -2.13. The molecule has 8 heteroatoms. The SMILES string of the molecule is O=S(=O)(Nc1cccnc1Cl)c1ccn[nH]1. The first-order chi connectivity index (χ1) is 7.59. The minimum absolute atomic E-state index is 0.0348. The van der Waals surface area contributed by atoms with Gasteiger partial charge in [0.2, 0.25) is 0 Å². The molecule has 0 aliphatic rings. The monoisotopic (exact) mass is 258 g/mol. The van der Waals surface area contributed by atoms with Crippen LogP contribution < -0.4 is 4.72 Å². The van der Waals surface area contributed by atoms with E-state index in [1.54, 1.807) is 6.07 Å². The average molecular weight is 259 g/mol. The van der Waals surface area contributed by atoms with Crippen molar-refractivity contribution in [1.29, 1.82) is 0 Å². The number of sulfonamides is 1. The summed E-state index contributed by atoms with van der Waals surface area (Å²) in [4.78, 5) is 3.76. The van der Waals surface area contributed by atoms with Gasteiger partial charge in [0.05, 0.1) is 11.9 Å². The fourth-order valence-corrected chi connectivity index (χ4v) is 2.25. The van der Waals surface area contributed by atoms with Crippen molar-refractivity contribution in [3.63, 3.8) is 0 Å². The fourth-order valence-electron chi connectivity index (χ4n) is 1.05. The summed E-state index contributed by atoms with van der Waals surface area (Å²) in [6.45, 7) is 0. The fraction of sp³-hybridized carbons (Fsp3) is 0. The number of aromatic amines is 1. The number of rotatable bonds is 3. The second kappa shape index (κ2) is 4.11. The van der Waals surface area contributed by atoms with Gasteiger partial charge >= 0.3 is 0 Å². The first kappa shape index (κ1) is 10.9. The number of halogens is 1. The van der Waals surface area contributed by atoms with Crippen LogP contribution in [0.4, 0.5) is 5.69 Å². The molecule has 84 valence electrons. The highest BCUT2D eigenvalue weighted by Gasteiger charge is 2.16. The van der Waals surface area contributed by atoms with Gasteiger partial charge in [0, 0.05) is 6.20 Å². The Bertz CT molecular complexity index is 582. The summed E-state index contributed by atoms with van der Waals surface area (Å²) < 4.78 is 25.8. The van der Waals surface area contributed by atoms with Gasteiger partial charge in [-0.1, -0.05) is 11.6 Å². The minimum atomic E-state index is -3.68. The molecule has 0 radical (unpaired) electrons. The molecule has 0 aromatic carbocycles. The summed E-state index contributed by atoms with van der Waals surface area (Å²) in [5.41, 5.74) is 0.221. The number of anilines is 1. The Labute approximate surface area is 96.7 Å². The maximum absolute atomic E-state index is 11.7. The summed E-state index contributed by atoms with van der Waals surface area (Å²) in [5, 5.41) is 5.97. The van der Waals surface area contributed by atoms with E-state index < -0.39 is 10.0 Å². The standard InChI is InChI=1S/C8H7ClN4O2S/c9-8-6(2-1-4-10-8)13-16(14,15)7-3-5-11-12-7/h1-5,13H,(H,11,12). The molecule has 16 heavy (non-hydrogen) atoms. The first-order valence-corrected chi connectivity index (χ1v) is 6.08. The second-order valence-electron chi connectivity index (χ2n) is 2.87. The molecule has 2 aromatic rings. The number of H-pyrrole nitrogens is 1. The van der Waals surface area contributed by atoms with Crippen molar-refractivity contribution >= 4 is 27.3 Å². The van der Waals surface area contributed by atoms with E-state index in [1.165, 1.54) is 24.5 Å². The molecule has 0 spiro atoms. The quantitative estimate of drug-likeness (QED) is 0.812. The summed E-state index contributed by atoms with van der Waals surface area (Å²) in [6.07, 6.45) is 2.82. The zero-order chi connectivity index (χ0) is 11.6. The van der Waals surface area contributed by atoms with Gasteiger partial charge in [0.15, 0.2) is 10.2 Å². The van der Waals surface area contributed by atoms with Gasteiger partial charge in [-0.15, -0.1) is 0 Å². The van der Waals surface area contributed by atoms with Crippen LogP contribution >= 0.6 is 11.6 Å². The van der Waals surface area contributed by atoms with Gasteiger partial charge in [-0.2, -0.15) is 13.5 Å². The predicted molar refractivity (Wildman–Crippen MR) is 58.6 cm³/mol. The maximum Gasteiger partial charge on any atom is 0.278 e. The topological polar surface area (TPSA) is 87.7 Å². The van der Waals surface area contributed by atoms with Crippen LogP contribution in [0, 0.1) is 0 Å². The van der Waals surface area contributed by atoms with E-state index in [1.807, 2.05) is 0 Å². The Balaban J connectivity index is 2.33. The molecule has 0 aliphatic heterocycles. The van der Waals surface area contributed by atoms with Crippen LogP contribution in [0.25, 0.3) is 0 Å². The molecule has 2 N–H and O–H groups in total. The third-order valence-corrected chi connectivity index (χ3v) is 3.36. The van der Waals surface area contributed by atoms with Crippen molar-refractivity contribution in [2.45, 2.75) is 5.03 Å². The van der Waals surface area contributed by atoms with Crippen LogP contribution in [0.1, 0.15) is 0 Å². The molecule has 2 heterocycles. The molecule has 2 aromatic heterocycles. The smallest absolute Gasteiger partial charge is 0.275 e. The van der Waals surface area contributed by atoms with Crippen LogP contribution in [0.5, 0.6) is 0 Å². The first-order valence-electron chi connectivity index (χ1n) is 4.22. The van der Waals surface area contributed by atoms with Gasteiger partial charge in [-0.3, -0.25) is 9.82 Å². The zero-order valence-electron chi connectivity index (χ0n) is 7.88. The number of hydrogen-bond acceptors (Lipinski definition) is 4. The predicted octanol–water partition coefficient (Wildman–Crippen LogP) is 1.26. The third-order valence-electron chi connectivity index (χ3n) is 1.77. The maximum atomic E-state index is 11.7. The van der Waals surface area contributed by atoms with Crippen molar-refractivity contribution < 1.29 is 8.42 Å². The number of nitrogens with zero attached hydrogens (tertiary/aromatic N) is 2. The molecular formula is C8H7ClN4O2S. The van der Waals surface area contributed by atoms with Crippen LogP contribution in [0.2, 0.25) is 5.15 Å². The number of hydrogen-bond donors (Lipinski definition) is 2. The van der Waals surface area contributed by atoms with Crippen LogP contribution in [-0.4, -0.2) is 23.6 Å². The summed E-state index contributed by atoms with van der Waals surface area (Å²) in [6, 6.07) is 4.44. The Hall–Kier alpha value is -1.60. The summed E-state index contributed by atoms with van der Waals surface area (Å²) >= 11 is 5.73. The molecule has 6 nitrogen and oxygen atoms in total. The third kappa shape index (κ3) is 2.15. The van der Waals surface area contributed by atoms with Crippen LogP contribution in [-0.2, 0) is 10.0 Å². The minimum Gasteiger partial charge on any atom is -0.275 e. The van der Waals surface area contributed by atoms with E-state index in [9.17, 15) is 8.42 Å². The molecule has 0 atom stereocenters. The molecular weight excluding hydrogens is 252 g/mol. The Morgan fingerprint density at radius 3 is 2.75 bits per heavy atom. The average Bonchev–Trinajstić information content (AvgIpc) is 2.75. The van der Waals surface area contributed by atoms with Crippen LogP contribution in [0.15, 0.2) is 35.6 Å². The van der Waals surface area contributed by atoms with Gasteiger partial charge < -0.3 is 0 Å². The molecule has 0 saturated heterocycles. The van der Waals surface area contributed by atoms with Gasteiger partial charge in [-0.05, 0) is 18.2 Å². The molecule has 2 rings (SSSR count). The van der Waals surface area contributed by atoms with Crippen molar-refractivity contribution in [3.05, 3.63) is 35.7 Å². The summed E-state index contributed by atoms with van der Waals surface area (Å²) in [7, 11) is -3.68. The van der Waals surface area contributed by atoms with E-state index in [0.29, 0.717) is 0 Å². The molecule has 0 amide bonds. The largest absolute Gasteiger partial charge is 0.278 e. The van der Waals surface area contributed by atoms with Gasteiger partial charge in [0.25, 0.3) is 10.0 Å². The second-order valence-corrected chi connectivity index (χ2v) is 4.88. The highest BCUT2D eigenvalue weighted by Crippen LogP contribution is 2.20. The lowest BCUT2D eigenvalue weighted by atomic mass is 10.4. The molecule has 0 unspecified atom stereocenters. The highest BCUT2D eigenvalue weighted by atomic mass is 35.5. The normalized spacial score (nSPS) is 11.3. The Morgan fingerprint density at radius 2 is 2.12 bits per heavy atom. The molecule has 0 aliphatic carbocycles. The molecule has 0 fully saturated rings. The molecule has 0 saturated carbocycles. The van der Waals surface area contributed by atoms with Crippen LogP contribution in [0.3, 0.4) is 0 Å². The number of pyridine rings is 1. The van der Waals surface area contributed by atoms with E-state index in [-0.39, 0.29) is 15.9 Å². The van der Waals surface area contributed by atoms with E-state index in [0.717, 1.165) is 0 Å². The van der Waals surface area contributed by atoms with Crippen molar-refractivity contribution in [2.24, 2.45) is 0 Å². The zero-order valence-corrected chi connectivity index (χ0v) is 9.46. The summed E-state index contributed by atoms with van der Waals surface area (Å²) in [5.74, 6) is 0. The Kier molecular flexibility index (Phi) is 2.80. The van der Waals surface area contributed by atoms with Crippen molar-refractivity contribution in [1.82, 2.24) is 15.2 Å². The van der Waals surface area contributed by atoms with E-state index >= 15 is 0 Å². The van der Waals surface area contributed by atoms with Gasteiger partial charge in [-0.25, -0.2) is 4.98 Å². The highest BCUT2D eigenvalue weighted by molar-refractivity contribution is 7.92. The molecule has 0 bridgehead atoms. The lowest BCUT2D eigenvalue weighted by molar-refractivity contribution is 0.597. The Morgan fingerprint density at radius 1 is 1.31 bits per heavy atom. The number of aromatic nitrogens is 3. The van der Waals surface area contributed by atoms with E-state index in [2.05, 4.69) is 19.9 Å².